The zero-order chi connectivity index (χ0) is 20.9. The molecule has 0 spiro atoms. The van der Waals surface area contributed by atoms with Gasteiger partial charge in [0.15, 0.2) is 5.16 Å². The van der Waals surface area contributed by atoms with Crippen molar-refractivity contribution in [2.24, 2.45) is 0 Å². The molecule has 0 atom stereocenters. The Morgan fingerprint density at radius 1 is 1.10 bits per heavy atom. The molecular weight excluding hydrogens is 420 g/mol. The average Bonchev–Trinajstić information content (AvgIpc) is 3.43. The van der Waals surface area contributed by atoms with Gasteiger partial charge in [0.25, 0.3) is 0 Å². The zero-order valence-electron chi connectivity index (χ0n) is 16.3. The Morgan fingerprint density at radius 3 is 2.53 bits per heavy atom. The van der Waals surface area contributed by atoms with E-state index in [0.717, 1.165) is 34.2 Å². The first-order chi connectivity index (χ1) is 14.6. The molecule has 0 unspecified atom stereocenters. The van der Waals surface area contributed by atoms with Gasteiger partial charge in [-0.2, -0.15) is 0 Å². The number of methoxy groups -OCH3 is 1. The quantitative estimate of drug-likeness (QED) is 0.438. The molecule has 2 aromatic heterocycles. The molecule has 0 aliphatic carbocycles. The van der Waals surface area contributed by atoms with Gasteiger partial charge in [-0.25, -0.2) is 0 Å². The molecule has 0 saturated carbocycles. The Hall–Kier alpha value is -3.24. The molecule has 1 N–H and O–H groups in total. The van der Waals surface area contributed by atoms with Crippen molar-refractivity contribution in [3.05, 3.63) is 59.7 Å². The molecule has 1 amide bonds. The van der Waals surface area contributed by atoms with E-state index in [2.05, 4.69) is 25.1 Å². The van der Waals surface area contributed by atoms with E-state index in [1.807, 2.05) is 65.4 Å². The Bertz CT molecular complexity index is 1130. The van der Waals surface area contributed by atoms with Crippen LogP contribution in [0.5, 0.6) is 5.75 Å². The Morgan fingerprint density at radius 2 is 1.87 bits per heavy atom. The van der Waals surface area contributed by atoms with Crippen molar-refractivity contribution < 1.29 is 9.53 Å². The number of benzene rings is 2. The van der Waals surface area contributed by atoms with Gasteiger partial charge in [-0.15, -0.1) is 15.3 Å². The van der Waals surface area contributed by atoms with E-state index in [-0.39, 0.29) is 11.7 Å². The molecule has 0 aliphatic rings. The van der Waals surface area contributed by atoms with Crippen molar-refractivity contribution in [2.45, 2.75) is 12.1 Å². The fourth-order valence-electron chi connectivity index (χ4n) is 2.81. The second-order valence-corrected chi connectivity index (χ2v) is 7.82. The van der Waals surface area contributed by atoms with Crippen LogP contribution in [0.1, 0.15) is 5.82 Å². The van der Waals surface area contributed by atoms with Gasteiger partial charge in [-0.05, 0) is 54.9 Å². The lowest BCUT2D eigenvalue weighted by molar-refractivity contribution is -0.113. The minimum Gasteiger partial charge on any atom is -0.497 e. The van der Waals surface area contributed by atoms with Crippen LogP contribution in [0.15, 0.2) is 59.1 Å². The Balaban J connectivity index is 1.39. The minimum absolute atomic E-state index is 0.120. The van der Waals surface area contributed by atoms with Crippen LogP contribution >= 0.6 is 23.3 Å². The molecule has 4 rings (SSSR count). The summed E-state index contributed by atoms with van der Waals surface area (Å²) in [4.78, 5) is 12.4. The van der Waals surface area contributed by atoms with Crippen LogP contribution in [-0.4, -0.2) is 43.1 Å². The largest absolute Gasteiger partial charge is 0.497 e. The molecule has 10 heteroatoms. The highest BCUT2D eigenvalue weighted by molar-refractivity contribution is 7.99. The Kier molecular flexibility index (Phi) is 6.05. The second-order valence-electron chi connectivity index (χ2n) is 6.27. The molecular formula is C20H18N6O2S2. The average molecular weight is 439 g/mol. The van der Waals surface area contributed by atoms with Crippen molar-refractivity contribution in [3.63, 3.8) is 0 Å². The predicted octanol–water partition coefficient (Wildman–Crippen LogP) is 3.83. The van der Waals surface area contributed by atoms with Crippen molar-refractivity contribution in [1.82, 2.24) is 24.4 Å². The summed E-state index contributed by atoms with van der Waals surface area (Å²) < 4.78 is 11.0. The maximum atomic E-state index is 12.4. The van der Waals surface area contributed by atoms with Crippen molar-refractivity contribution >= 4 is 34.9 Å². The summed E-state index contributed by atoms with van der Waals surface area (Å²) >= 11 is 2.63. The van der Waals surface area contributed by atoms with Crippen LogP contribution in [0, 0.1) is 6.92 Å². The van der Waals surface area contributed by atoms with Crippen molar-refractivity contribution in [1.29, 1.82) is 0 Å². The number of aryl methyl sites for hydroxylation is 1. The predicted molar refractivity (Wildman–Crippen MR) is 117 cm³/mol. The SMILES string of the molecule is COc1ccc(-n2c(C)nnc2SCC(=O)Nc2ccc(-c3csnn3)cc2)cc1. The standard InChI is InChI=1S/C20H18N6O2S2/c1-13-22-24-20(26(13)16-7-9-17(28-2)10-8-16)29-12-19(27)21-15-5-3-14(4-6-15)18-11-30-25-23-18/h3-11H,12H2,1-2H3,(H,21,27). The molecule has 0 bridgehead atoms. The summed E-state index contributed by atoms with van der Waals surface area (Å²) in [5.41, 5.74) is 3.41. The number of nitrogens with zero attached hydrogens (tertiary/aromatic N) is 5. The van der Waals surface area contributed by atoms with Gasteiger partial charge in [0.1, 0.15) is 17.3 Å². The third kappa shape index (κ3) is 4.50. The number of nitrogens with one attached hydrogen (secondary N) is 1. The highest BCUT2D eigenvalue weighted by Crippen LogP contribution is 2.24. The van der Waals surface area contributed by atoms with E-state index in [9.17, 15) is 4.79 Å². The van der Waals surface area contributed by atoms with Gasteiger partial charge in [0.2, 0.25) is 5.91 Å². The van der Waals surface area contributed by atoms with Gasteiger partial charge in [-0.1, -0.05) is 28.4 Å². The van der Waals surface area contributed by atoms with E-state index in [1.54, 1.807) is 7.11 Å². The van der Waals surface area contributed by atoms with E-state index in [1.165, 1.54) is 23.3 Å². The van der Waals surface area contributed by atoms with Gasteiger partial charge in [0.05, 0.1) is 12.9 Å². The minimum atomic E-state index is -0.120. The van der Waals surface area contributed by atoms with Crippen molar-refractivity contribution in [3.8, 4) is 22.7 Å². The number of hydrogen-bond acceptors (Lipinski definition) is 8. The number of hydrogen-bond donors (Lipinski definition) is 1. The maximum Gasteiger partial charge on any atom is 0.234 e. The maximum absolute atomic E-state index is 12.4. The van der Waals surface area contributed by atoms with Crippen LogP contribution in [0.25, 0.3) is 16.9 Å². The normalized spacial score (nSPS) is 10.7. The number of carbonyl (C=O) groups is 1. The van der Waals surface area contributed by atoms with Crippen LogP contribution in [-0.2, 0) is 4.79 Å². The monoisotopic (exact) mass is 438 g/mol. The number of thioether (sulfide) groups is 1. The summed E-state index contributed by atoms with van der Waals surface area (Å²) in [6, 6.07) is 15.1. The summed E-state index contributed by atoms with van der Waals surface area (Å²) in [6.07, 6.45) is 0. The van der Waals surface area contributed by atoms with Crippen molar-refractivity contribution in [2.75, 3.05) is 18.2 Å². The van der Waals surface area contributed by atoms with Crippen LogP contribution < -0.4 is 10.1 Å². The number of anilines is 1. The highest BCUT2D eigenvalue weighted by atomic mass is 32.2. The molecule has 0 saturated heterocycles. The van der Waals surface area contributed by atoms with E-state index in [0.29, 0.717) is 5.16 Å². The summed E-state index contributed by atoms with van der Waals surface area (Å²) in [6.45, 7) is 1.88. The first-order valence-electron chi connectivity index (χ1n) is 9.00. The van der Waals surface area contributed by atoms with Gasteiger partial charge < -0.3 is 10.1 Å². The smallest absolute Gasteiger partial charge is 0.234 e. The molecule has 8 nitrogen and oxygen atoms in total. The number of rotatable bonds is 7. The van der Waals surface area contributed by atoms with Crippen LogP contribution in [0.4, 0.5) is 5.69 Å². The lowest BCUT2D eigenvalue weighted by Crippen LogP contribution is -2.14. The third-order valence-corrected chi connectivity index (χ3v) is 5.72. The molecule has 0 radical (unpaired) electrons. The second kappa shape index (κ2) is 9.06. The molecule has 0 fully saturated rings. The fraction of sp³-hybridized carbons (Fsp3) is 0.150. The third-order valence-electron chi connectivity index (χ3n) is 4.28. The lowest BCUT2D eigenvalue weighted by atomic mass is 10.1. The Labute approximate surface area is 181 Å². The molecule has 0 aliphatic heterocycles. The summed E-state index contributed by atoms with van der Waals surface area (Å²) in [7, 11) is 1.63. The topological polar surface area (TPSA) is 94.8 Å². The van der Waals surface area contributed by atoms with Crippen LogP contribution in [0.3, 0.4) is 0 Å². The van der Waals surface area contributed by atoms with E-state index >= 15 is 0 Å². The zero-order valence-corrected chi connectivity index (χ0v) is 17.9. The molecule has 2 aromatic carbocycles. The molecule has 4 aromatic rings. The molecule has 2 heterocycles. The summed E-state index contributed by atoms with van der Waals surface area (Å²) in [5, 5.41) is 17.8. The molecule has 30 heavy (non-hydrogen) atoms. The first kappa shape index (κ1) is 20.0. The number of ether oxygens (including phenoxy) is 1. The number of amides is 1. The van der Waals surface area contributed by atoms with Gasteiger partial charge in [-0.3, -0.25) is 9.36 Å². The van der Waals surface area contributed by atoms with Crippen LogP contribution in [0.2, 0.25) is 0 Å². The lowest BCUT2D eigenvalue weighted by Gasteiger charge is -2.09. The van der Waals surface area contributed by atoms with E-state index in [4.69, 9.17) is 4.74 Å². The fourth-order valence-corrected chi connectivity index (χ4v) is 4.07. The number of carbonyl (C=O) groups excluding carboxylic acids is 1. The highest BCUT2D eigenvalue weighted by Gasteiger charge is 2.14. The van der Waals surface area contributed by atoms with E-state index < -0.39 is 0 Å². The van der Waals surface area contributed by atoms with Gasteiger partial charge >= 0.3 is 0 Å². The summed E-state index contributed by atoms with van der Waals surface area (Å²) in [5.74, 6) is 1.61. The van der Waals surface area contributed by atoms with Gasteiger partial charge in [0, 0.05) is 22.3 Å². The first-order valence-corrected chi connectivity index (χ1v) is 10.8. The number of aromatic nitrogens is 5. The molecule has 152 valence electrons.